The van der Waals surface area contributed by atoms with Gasteiger partial charge < -0.3 is 10.3 Å². The van der Waals surface area contributed by atoms with Crippen molar-refractivity contribution in [2.75, 3.05) is 18.4 Å². The minimum atomic E-state index is -1.52. The fourth-order valence-corrected chi connectivity index (χ4v) is 5.12. The van der Waals surface area contributed by atoms with E-state index in [1.165, 1.54) is 6.42 Å². The third-order valence-electron chi connectivity index (χ3n) is 6.48. The van der Waals surface area contributed by atoms with Crippen LogP contribution >= 0.6 is 0 Å². The number of nitrogens with one attached hydrogen (secondary N) is 2. The highest BCUT2D eigenvalue weighted by Gasteiger charge is 2.25. The van der Waals surface area contributed by atoms with Crippen LogP contribution in [0.3, 0.4) is 0 Å². The lowest BCUT2D eigenvalue weighted by Gasteiger charge is -2.36. The third kappa shape index (κ3) is 5.27. The second kappa shape index (κ2) is 9.13. The number of anilines is 1. The van der Waals surface area contributed by atoms with E-state index in [0.717, 1.165) is 35.1 Å². The first kappa shape index (κ1) is 23.8. The number of aryl methyl sites for hydroxylation is 1. The summed E-state index contributed by atoms with van der Waals surface area (Å²) in [7, 11) is 24.3. The van der Waals surface area contributed by atoms with Gasteiger partial charge in [0, 0.05) is 36.2 Å². The Kier molecular flexibility index (Phi) is 6.59. The Morgan fingerprint density at radius 1 is 1.12 bits per heavy atom. The molecule has 4 rings (SSSR count). The van der Waals surface area contributed by atoms with Crippen molar-refractivity contribution in [1.82, 2.24) is 9.88 Å². The first-order valence-electron chi connectivity index (χ1n) is 11.4. The molecule has 0 saturated carbocycles. The van der Waals surface area contributed by atoms with Crippen LogP contribution in [0.1, 0.15) is 47.4 Å². The van der Waals surface area contributed by atoms with Crippen LogP contribution in [-0.2, 0) is 11.7 Å². The van der Waals surface area contributed by atoms with E-state index < -0.39 is 5.11 Å². The lowest BCUT2D eigenvalue weighted by molar-refractivity contribution is 0.102. The molecule has 1 saturated heterocycles. The number of carbonyl (C=O) groups is 1. The third-order valence-corrected chi connectivity index (χ3v) is 6.48. The molecule has 0 spiro atoms. The summed E-state index contributed by atoms with van der Waals surface area (Å²) >= 11 is 0. The molecule has 2 aromatic carbocycles. The monoisotopic (exact) mass is 429 g/mol. The summed E-state index contributed by atoms with van der Waals surface area (Å²) in [6.07, 6.45) is 1.24. The van der Waals surface area contributed by atoms with E-state index in [1.807, 2.05) is 31.2 Å². The summed E-state index contributed by atoms with van der Waals surface area (Å²) in [5, 5.41) is 2.36. The van der Waals surface area contributed by atoms with Crippen LogP contribution in [0.5, 0.6) is 0 Å². The van der Waals surface area contributed by atoms with Gasteiger partial charge in [0.15, 0.2) is 0 Å². The Morgan fingerprint density at radius 3 is 2.48 bits per heavy atom. The zero-order valence-corrected chi connectivity index (χ0v) is 19.6. The van der Waals surface area contributed by atoms with Crippen LogP contribution < -0.4 is 10.8 Å². The number of likely N-dealkylation sites (tertiary alicyclic amines) is 1. The Hall–Kier alpha value is -2.33. The highest BCUT2D eigenvalue weighted by atomic mass is 16.1. The van der Waals surface area contributed by atoms with Crippen LogP contribution in [-0.4, -0.2) is 60.3 Å². The maximum absolute atomic E-state index is 13.0. The van der Waals surface area contributed by atoms with Crippen molar-refractivity contribution >= 4 is 59.3 Å². The van der Waals surface area contributed by atoms with Gasteiger partial charge in [-0.2, -0.15) is 0 Å². The smallest absolute Gasteiger partial charge is 0.272 e. The predicted octanol–water partition coefficient (Wildman–Crippen LogP) is 2.62. The van der Waals surface area contributed by atoms with E-state index in [0.29, 0.717) is 40.8 Å². The molecule has 2 atom stereocenters. The van der Waals surface area contributed by atoms with E-state index >= 15 is 0 Å². The zero-order chi connectivity index (χ0) is 23.9. The molecular formula is C25H27B4N3O. The molecule has 2 unspecified atom stereocenters. The van der Waals surface area contributed by atoms with E-state index in [-0.39, 0.29) is 5.91 Å². The van der Waals surface area contributed by atoms with Crippen molar-refractivity contribution in [1.29, 1.82) is 0 Å². The number of hydrogen-bond donors (Lipinski definition) is 2. The first-order valence-corrected chi connectivity index (χ1v) is 11.4. The number of H-pyrrole nitrogens is 1. The SMILES string of the molecule is [B]c1ccc2[nH]c(C(=O)Nc3ccc(CN4CC(C)CC(C)C4)c(C([B])([B])[B])c3)c(C)c2c1. The molecule has 1 aliphatic rings. The number of rotatable bonds is 5. The molecule has 1 fully saturated rings. The van der Waals surface area contributed by atoms with Gasteiger partial charge in [0.1, 0.15) is 13.5 Å². The summed E-state index contributed by atoms with van der Waals surface area (Å²) in [5.74, 6) is 1.03. The number of piperidine rings is 1. The molecule has 2 N–H and O–H groups in total. The van der Waals surface area contributed by atoms with Gasteiger partial charge in [0.05, 0.1) is 23.5 Å². The Bertz CT molecular complexity index is 1170. The van der Waals surface area contributed by atoms with Crippen LogP contribution in [0.2, 0.25) is 0 Å². The van der Waals surface area contributed by atoms with Gasteiger partial charge in [0.2, 0.25) is 0 Å². The number of amides is 1. The van der Waals surface area contributed by atoms with Crippen molar-refractivity contribution in [3.63, 3.8) is 0 Å². The Balaban J connectivity index is 1.59. The molecule has 1 amide bonds. The first-order chi connectivity index (χ1) is 15.5. The number of benzene rings is 2. The minimum Gasteiger partial charge on any atom is -0.350 e. The molecule has 8 heteroatoms. The molecule has 4 nitrogen and oxygen atoms in total. The lowest BCUT2D eigenvalue weighted by Crippen LogP contribution is -2.39. The standard InChI is InChI=1S/C25H27B4N3O/c1-14-8-15(2)12-32(11-14)13-17-4-6-19(10-21(17)25(27,28)29)30-24(33)23-16(3)20-9-18(26)5-7-22(20)31-23/h4-7,9-10,14-15,31H,8,11-13H2,1-3H3,(H,30,33). The van der Waals surface area contributed by atoms with Crippen molar-refractivity contribution in [3.05, 3.63) is 58.8 Å². The number of aromatic amines is 1. The van der Waals surface area contributed by atoms with Gasteiger partial charge in [-0.25, -0.2) is 0 Å². The molecule has 33 heavy (non-hydrogen) atoms. The number of carbonyl (C=O) groups excluding carboxylic acids is 1. The van der Waals surface area contributed by atoms with E-state index in [4.69, 9.17) is 31.4 Å². The van der Waals surface area contributed by atoms with Crippen molar-refractivity contribution < 1.29 is 4.79 Å². The van der Waals surface area contributed by atoms with Crippen LogP contribution in [0.15, 0.2) is 36.4 Å². The second-order valence-corrected chi connectivity index (χ2v) is 9.83. The van der Waals surface area contributed by atoms with Gasteiger partial charge >= 0.3 is 0 Å². The van der Waals surface area contributed by atoms with Gasteiger partial charge in [-0.3, -0.25) is 9.69 Å². The van der Waals surface area contributed by atoms with Crippen molar-refractivity contribution in [2.45, 2.75) is 38.8 Å². The minimum absolute atomic E-state index is 0.253. The zero-order valence-electron chi connectivity index (χ0n) is 19.6. The average Bonchev–Trinajstić information content (AvgIpc) is 3.04. The molecular weight excluding hydrogens is 402 g/mol. The summed E-state index contributed by atoms with van der Waals surface area (Å²) < 4.78 is 0. The van der Waals surface area contributed by atoms with Gasteiger partial charge in [-0.05, 0) is 54.5 Å². The van der Waals surface area contributed by atoms with E-state index in [1.54, 1.807) is 12.1 Å². The molecule has 3 aromatic rings. The van der Waals surface area contributed by atoms with Crippen molar-refractivity contribution in [2.24, 2.45) is 11.8 Å². The fourth-order valence-electron chi connectivity index (χ4n) is 5.12. The van der Waals surface area contributed by atoms with Gasteiger partial charge in [-0.15, -0.1) is 5.11 Å². The number of nitrogens with zero attached hydrogens (tertiary/aromatic N) is 1. The summed E-state index contributed by atoms with van der Waals surface area (Å²) in [5.41, 5.74) is 5.01. The molecule has 1 aromatic heterocycles. The average molecular weight is 429 g/mol. The van der Waals surface area contributed by atoms with E-state index in [9.17, 15) is 4.79 Å². The maximum Gasteiger partial charge on any atom is 0.272 e. The largest absolute Gasteiger partial charge is 0.350 e. The molecule has 2 heterocycles. The molecule has 160 valence electrons. The quantitative estimate of drug-likeness (QED) is 0.614. The maximum atomic E-state index is 13.0. The highest BCUT2D eigenvalue weighted by Crippen LogP contribution is 2.28. The molecule has 8 radical (unpaired) electrons. The van der Waals surface area contributed by atoms with Gasteiger partial charge in [-0.1, -0.05) is 43.1 Å². The molecule has 1 aliphatic heterocycles. The Labute approximate surface area is 201 Å². The van der Waals surface area contributed by atoms with Crippen LogP contribution in [0.25, 0.3) is 10.9 Å². The topological polar surface area (TPSA) is 48.1 Å². The lowest BCUT2D eigenvalue weighted by atomic mass is 9.39. The summed E-state index contributed by atoms with van der Waals surface area (Å²) in [4.78, 5) is 18.6. The fraction of sp³-hybridized carbons (Fsp3) is 0.400. The predicted molar refractivity (Wildman–Crippen MR) is 140 cm³/mol. The van der Waals surface area contributed by atoms with Crippen LogP contribution in [0.4, 0.5) is 5.69 Å². The van der Waals surface area contributed by atoms with Crippen molar-refractivity contribution in [3.8, 4) is 0 Å². The van der Waals surface area contributed by atoms with E-state index in [2.05, 4.69) is 29.0 Å². The Morgan fingerprint density at radius 2 is 1.82 bits per heavy atom. The second-order valence-electron chi connectivity index (χ2n) is 9.83. The molecule has 0 aliphatic carbocycles. The summed E-state index contributed by atoms with van der Waals surface area (Å²) in [6, 6.07) is 11.1. The van der Waals surface area contributed by atoms with Crippen LogP contribution in [0, 0.1) is 18.8 Å². The van der Waals surface area contributed by atoms with Gasteiger partial charge in [0.25, 0.3) is 5.91 Å². The summed E-state index contributed by atoms with van der Waals surface area (Å²) in [6.45, 7) is 9.22. The number of fused-ring (bicyclic) bond motifs is 1. The normalized spacial score (nSPS) is 19.6. The number of aromatic nitrogens is 1. The molecule has 0 bridgehead atoms. The number of hydrogen-bond acceptors (Lipinski definition) is 2. The highest BCUT2D eigenvalue weighted by molar-refractivity contribution is 6.59.